The molecule has 0 fully saturated rings. The van der Waals surface area contributed by atoms with E-state index in [0.717, 1.165) is 12.1 Å². The van der Waals surface area contributed by atoms with Gasteiger partial charge in [-0.2, -0.15) is 28.6 Å². The van der Waals surface area contributed by atoms with Gasteiger partial charge in [0, 0.05) is 6.20 Å². The molecule has 0 aliphatic rings. The van der Waals surface area contributed by atoms with Gasteiger partial charge < -0.3 is 5.32 Å². The monoisotopic (exact) mass is 257 g/mol. The Morgan fingerprint density at radius 2 is 2.06 bits per heavy atom. The van der Waals surface area contributed by atoms with Crippen LogP contribution in [-0.2, 0) is 6.18 Å². The van der Waals surface area contributed by atoms with E-state index >= 15 is 0 Å². The maximum Gasteiger partial charge on any atom is 0.417 e. The zero-order valence-corrected chi connectivity index (χ0v) is 8.69. The van der Waals surface area contributed by atoms with Crippen LogP contribution < -0.4 is 5.32 Å². The van der Waals surface area contributed by atoms with Crippen LogP contribution in [0.1, 0.15) is 16.1 Å². The van der Waals surface area contributed by atoms with Crippen LogP contribution in [0.15, 0.2) is 24.5 Å². The summed E-state index contributed by atoms with van der Waals surface area (Å²) in [5.74, 6) is -0.619. The lowest BCUT2D eigenvalue weighted by atomic mass is 10.3. The smallest absolute Gasteiger partial charge is 0.305 e. The van der Waals surface area contributed by atoms with Crippen molar-refractivity contribution in [2.24, 2.45) is 0 Å². The molecule has 0 atom stereocenters. The Bertz CT molecular complexity index is 534. The highest BCUT2D eigenvalue weighted by Gasteiger charge is 2.30. The van der Waals surface area contributed by atoms with Crippen molar-refractivity contribution in [1.82, 2.24) is 20.4 Å². The molecular formula is C9H6F3N5O. The fourth-order valence-electron chi connectivity index (χ4n) is 1.13. The van der Waals surface area contributed by atoms with Crippen molar-refractivity contribution in [3.8, 4) is 0 Å². The summed E-state index contributed by atoms with van der Waals surface area (Å²) in [4.78, 5) is 14.9. The fraction of sp³-hybridized carbons (Fsp3) is 0.111. The molecule has 0 bridgehead atoms. The van der Waals surface area contributed by atoms with Crippen molar-refractivity contribution in [2.75, 3.05) is 5.32 Å². The first-order valence-electron chi connectivity index (χ1n) is 4.67. The quantitative estimate of drug-likeness (QED) is 0.853. The summed E-state index contributed by atoms with van der Waals surface area (Å²) in [6.07, 6.45) is -2.64. The molecule has 2 heterocycles. The third-order valence-electron chi connectivity index (χ3n) is 1.98. The number of rotatable bonds is 2. The molecule has 94 valence electrons. The van der Waals surface area contributed by atoms with Crippen molar-refractivity contribution in [1.29, 1.82) is 0 Å². The summed E-state index contributed by atoms with van der Waals surface area (Å²) in [5.41, 5.74) is -0.876. The standard InChI is InChI=1S/C9H6F3N5O/c10-9(11,12)5-1-2-7(13-3-5)15-8(18)6-4-14-17-16-6/h1-4H,(H,13,15,18)(H,14,16,17). The van der Waals surface area contributed by atoms with Crippen LogP contribution in [0, 0.1) is 0 Å². The lowest BCUT2D eigenvalue weighted by molar-refractivity contribution is -0.137. The second kappa shape index (κ2) is 4.43. The van der Waals surface area contributed by atoms with Gasteiger partial charge in [0.05, 0.1) is 11.8 Å². The molecule has 2 rings (SSSR count). The first-order valence-corrected chi connectivity index (χ1v) is 4.67. The van der Waals surface area contributed by atoms with Crippen molar-refractivity contribution in [3.63, 3.8) is 0 Å². The van der Waals surface area contributed by atoms with Gasteiger partial charge in [-0.25, -0.2) is 4.98 Å². The summed E-state index contributed by atoms with van der Waals surface area (Å²) in [6, 6.07) is 1.88. The number of anilines is 1. The molecule has 6 nitrogen and oxygen atoms in total. The lowest BCUT2D eigenvalue weighted by Crippen LogP contribution is -2.14. The summed E-state index contributed by atoms with van der Waals surface area (Å²) in [6.45, 7) is 0. The Hall–Kier alpha value is -2.45. The van der Waals surface area contributed by atoms with Gasteiger partial charge in [-0.3, -0.25) is 4.79 Å². The molecule has 0 aromatic carbocycles. The number of nitrogens with zero attached hydrogens (tertiary/aromatic N) is 3. The number of H-pyrrole nitrogens is 1. The van der Waals surface area contributed by atoms with E-state index in [1.54, 1.807) is 0 Å². The first kappa shape index (κ1) is 12.0. The van der Waals surface area contributed by atoms with Crippen LogP contribution in [0.4, 0.5) is 19.0 Å². The number of aromatic nitrogens is 4. The van der Waals surface area contributed by atoms with E-state index in [1.807, 2.05) is 0 Å². The number of alkyl halides is 3. The minimum absolute atomic E-state index is 0.00370. The van der Waals surface area contributed by atoms with Crippen molar-refractivity contribution < 1.29 is 18.0 Å². The third-order valence-corrected chi connectivity index (χ3v) is 1.98. The van der Waals surface area contributed by atoms with E-state index in [1.165, 1.54) is 6.20 Å². The maximum absolute atomic E-state index is 12.3. The average molecular weight is 257 g/mol. The van der Waals surface area contributed by atoms with E-state index in [-0.39, 0.29) is 11.5 Å². The summed E-state index contributed by atoms with van der Waals surface area (Å²) < 4.78 is 36.8. The van der Waals surface area contributed by atoms with E-state index in [2.05, 4.69) is 25.7 Å². The second-order valence-corrected chi connectivity index (χ2v) is 3.24. The highest BCUT2D eigenvalue weighted by molar-refractivity contribution is 6.01. The summed E-state index contributed by atoms with van der Waals surface area (Å²) in [5, 5.41) is 11.5. The summed E-state index contributed by atoms with van der Waals surface area (Å²) >= 11 is 0. The number of nitrogens with one attached hydrogen (secondary N) is 2. The zero-order valence-electron chi connectivity index (χ0n) is 8.69. The van der Waals surface area contributed by atoms with Gasteiger partial charge in [-0.05, 0) is 12.1 Å². The lowest BCUT2D eigenvalue weighted by Gasteiger charge is -2.06. The number of carbonyl (C=O) groups excluding carboxylic acids is 1. The maximum atomic E-state index is 12.3. The SMILES string of the molecule is O=C(Nc1ccc(C(F)(F)F)cn1)c1cn[nH]n1. The molecule has 2 aromatic heterocycles. The van der Waals surface area contributed by atoms with E-state index < -0.39 is 17.6 Å². The van der Waals surface area contributed by atoms with E-state index in [4.69, 9.17) is 0 Å². The van der Waals surface area contributed by atoms with Crippen LogP contribution in [-0.4, -0.2) is 26.3 Å². The molecule has 0 saturated carbocycles. The molecule has 0 spiro atoms. The third kappa shape index (κ3) is 2.62. The van der Waals surface area contributed by atoms with E-state index in [9.17, 15) is 18.0 Å². The van der Waals surface area contributed by atoms with Crippen molar-refractivity contribution >= 4 is 11.7 Å². The highest BCUT2D eigenvalue weighted by Crippen LogP contribution is 2.28. The van der Waals surface area contributed by atoms with Crippen molar-refractivity contribution in [2.45, 2.75) is 6.18 Å². The number of carbonyl (C=O) groups is 1. The topological polar surface area (TPSA) is 83.6 Å². The van der Waals surface area contributed by atoms with Gasteiger partial charge >= 0.3 is 6.18 Å². The Kier molecular flexibility index (Phi) is 2.96. The van der Waals surface area contributed by atoms with Crippen LogP contribution in [0.3, 0.4) is 0 Å². The van der Waals surface area contributed by atoms with E-state index in [0.29, 0.717) is 6.20 Å². The molecule has 0 aliphatic heterocycles. The Balaban J connectivity index is 2.09. The van der Waals surface area contributed by atoms with Crippen LogP contribution in [0.5, 0.6) is 0 Å². The van der Waals surface area contributed by atoms with Gasteiger partial charge in [0.1, 0.15) is 5.82 Å². The number of halogens is 3. The van der Waals surface area contributed by atoms with Gasteiger partial charge in [0.15, 0.2) is 5.69 Å². The Morgan fingerprint density at radius 3 is 2.56 bits per heavy atom. The largest absolute Gasteiger partial charge is 0.417 e. The number of hydrogen-bond donors (Lipinski definition) is 2. The predicted molar refractivity (Wildman–Crippen MR) is 53.6 cm³/mol. The Morgan fingerprint density at radius 1 is 1.28 bits per heavy atom. The molecule has 18 heavy (non-hydrogen) atoms. The second-order valence-electron chi connectivity index (χ2n) is 3.24. The molecule has 0 aliphatic carbocycles. The normalized spacial score (nSPS) is 11.3. The van der Waals surface area contributed by atoms with Gasteiger partial charge in [-0.1, -0.05) is 0 Å². The number of hydrogen-bond acceptors (Lipinski definition) is 4. The molecule has 2 aromatic rings. The van der Waals surface area contributed by atoms with Crippen LogP contribution in [0.25, 0.3) is 0 Å². The molecule has 9 heteroatoms. The minimum Gasteiger partial charge on any atom is -0.305 e. The molecule has 0 radical (unpaired) electrons. The molecule has 1 amide bonds. The highest BCUT2D eigenvalue weighted by atomic mass is 19.4. The first-order chi connectivity index (χ1) is 8.47. The summed E-state index contributed by atoms with van der Waals surface area (Å²) in [7, 11) is 0. The molecule has 2 N–H and O–H groups in total. The molecule has 0 saturated heterocycles. The number of amides is 1. The van der Waals surface area contributed by atoms with Crippen molar-refractivity contribution in [3.05, 3.63) is 35.8 Å². The zero-order chi connectivity index (χ0) is 13.2. The molecule has 0 unspecified atom stereocenters. The van der Waals surface area contributed by atoms with Gasteiger partial charge in [0.2, 0.25) is 0 Å². The predicted octanol–water partition coefficient (Wildman–Crippen LogP) is 1.47. The van der Waals surface area contributed by atoms with Crippen LogP contribution >= 0.6 is 0 Å². The van der Waals surface area contributed by atoms with Gasteiger partial charge in [0.25, 0.3) is 5.91 Å². The average Bonchev–Trinajstić information content (AvgIpc) is 2.82. The molecular weight excluding hydrogens is 251 g/mol. The Labute approximate surface area is 98.2 Å². The van der Waals surface area contributed by atoms with Crippen LogP contribution in [0.2, 0.25) is 0 Å². The van der Waals surface area contributed by atoms with Gasteiger partial charge in [-0.15, -0.1) is 0 Å². The fourth-order valence-corrected chi connectivity index (χ4v) is 1.13. The number of pyridine rings is 1. The number of aromatic amines is 1. The minimum atomic E-state index is -4.46.